The monoisotopic (exact) mass is 394 g/mol. The molecule has 9 atom stereocenters. The number of hydrogen-bond donors (Lipinski definition) is 2. The Morgan fingerprint density at radius 1 is 1.18 bits per heavy atom. The Hall–Kier alpha value is -0.940. The first-order valence-corrected chi connectivity index (χ1v) is 11.0. The van der Waals surface area contributed by atoms with Gasteiger partial charge in [-0.2, -0.15) is 0 Å². The summed E-state index contributed by atoms with van der Waals surface area (Å²) >= 11 is 0. The first-order valence-electron chi connectivity index (χ1n) is 11.0. The van der Waals surface area contributed by atoms with Crippen LogP contribution in [0.15, 0.2) is 0 Å². The van der Waals surface area contributed by atoms with Crippen molar-refractivity contribution in [1.82, 2.24) is 0 Å². The number of ether oxygens (including phenoxy) is 1. The fourth-order valence-corrected chi connectivity index (χ4v) is 7.42. The van der Waals surface area contributed by atoms with Gasteiger partial charge in [0.1, 0.15) is 18.5 Å². The van der Waals surface area contributed by atoms with E-state index in [0.717, 1.165) is 25.7 Å². The summed E-state index contributed by atoms with van der Waals surface area (Å²) in [6.07, 6.45) is 2.92. The number of hydrogen-bond acceptors (Lipinski definition) is 5. The third kappa shape index (κ3) is 2.64. The standard InChI is InChI=1S/C23H38O5/c1-7-21(5)15(4)20(28-17(26)12-24)22(6)13(2)8-10-23(14(3)19(21)27)11-9-16(25)18(22)23/h13-15,18-20,24,27H,7-12H2,1-6H3/t13-,14+,15-,18?,19+,20-,21-,22-,23+/m1/s1. The van der Waals surface area contributed by atoms with Crippen LogP contribution in [-0.4, -0.2) is 40.8 Å². The molecule has 3 aliphatic rings. The Kier molecular flexibility index (Phi) is 5.51. The van der Waals surface area contributed by atoms with Crippen LogP contribution in [0.2, 0.25) is 0 Å². The minimum Gasteiger partial charge on any atom is -0.460 e. The molecule has 2 N–H and O–H groups in total. The van der Waals surface area contributed by atoms with Crippen LogP contribution >= 0.6 is 0 Å². The molecule has 3 rings (SSSR count). The van der Waals surface area contributed by atoms with E-state index in [1.54, 1.807) is 0 Å². The van der Waals surface area contributed by atoms with Crippen LogP contribution in [0.5, 0.6) is 0 Å². The molecule has 0 amide bonds. The van der Waals surface area contributed by atoms with E-state index in [4.69, 9.17) is 4.74 Å². The van der Waals surface area contributed by atoms with Gasteiger partial charge < -0.3 is 14.9 Å². The molecule has 5 heteroatoms. The molecular weight excluding hydrogens is 356 g/mol. The molecule has 0 saturated heterocycles. The van der Waals surface area contributed by atoms with Gasteiger partial charge in [0.15, 0.2) is 0 Å². The Morgan fingerprint density at radius 2 is 1.82 bits per heavy atom. The van der Waals surface area contributed by atoms with Crippen LogP contribution in [0.1, 0.15) is 73.6 Å². The summed E-state index contributed by atoms with van der Waals surface area (Å²) in [5.74, 6) is -0.511. The van der Waals surface area contributed by atoms with Crippen molar-refractivity contribution in [3.63, 3.8) is 0 Å². The Labute approximate surface area is 169 Å². The van der Waals surface area contributed by atoms with E-state index < -0.39 is 35.6 Å². The molecule has 0 aliphatic heterocycles. The summed E-state index contributed by atoms with van der Waals surface area (Å²) in [7, 11) is 0. The zero-order valence-electron chi connectivity index (χ0n) is 18.3. The maximum atomic E-state index is 13.3. The van der Waals surface area contributed by atoms with Crippen LogP contribution in [0.4, 0.5) is 0 Å². The lowest BCUT2D eigenvalue weighted by Gasteiger charge is -2.64. The number of ketones is 1. The third-order valence-electron chi connectivity index (χ3n) is 9.77. The molecule has 1 unspecified atom stereocenters. The lowest BCUT2D eigenvalue weighted by atomic mass is 9.42. The van der Waals surface area contributed by atoms with Crippen molar-refractivity contribution < 1.29 is 24.5 Å². The van der Waals surface area contributed by atoms with Crippen LogP contribution in [-0.2, 0) is 14.3 Å². The number of Topliss-reactive ketones (excluding diaryl/α,β-unsaturated/α-hetero) is 1. The molecule has 3 fully saturated rings. The van der Waals surface area contributed by atoms with Gasteiger partial charge in [0.25, 0.3) is 0 Å². The molecular formula is C23H38O5. The average Bonchev–Trinajstić information content (AvgIpc) is 3.04. The van der Waals surface area contributed by atoms with Gasteiger partial charge in [0.05, 0.1) is 6.10 Å². The van der Waals surface area contributed by atoms with Crippen molar-refractivity contribution in [2.75, 3.05) is 6.61 Å². The Balaban J connectivity index is 2.26. The topological polar surface area (TPSA) is 83.8 Å². The van der Waals surface area contributed by atoms with Crippen LogP contribution in [0.25, 0.3) is 0 Å². The van der Waals surface area contributed by atoms with Crippen LogP contribution in [0.3, 0.4) is 0 Å². The minimum absolute atomic E-state index is 0.0117. The predicted molar refractivity (Wildman–Crippen MR) is 106 cm³/mol. The van der Waals surface area contributed by atoms with Crippen molar-refractivity contribution in [3.05, 3.63) is 0 Å². The number of esters is 1. The van der Waals surface area contributed by atoms with Gasteiger partial charge in [-0.15, -0.1) is 0 Å². The highest BCUT2D eigenvalue weighted by Crippen LogP contribution is 2.68. The van der Waals surface area contributed by atoms with E-state index in [0.29, 0.717) is 6.42 Å². The summed E-state index contributed by atoms with van der Waals surface area (Å²) in [6, 6.07) is 0. The molecule has 0 radical (unpaired) electrons. The van der Waals surface area contributed by atoms with Gasteiger partial charge >= 0.3 is 5.97 Å². The zero-order valence-corrected chi connectivity index (χ0v) is 18.3. The van der Waals surface area contributed by atoms with Gasteiger partial charge in [-0.1, -0.05) is 41.5 Å². The van der Waals surface area contributed by atoms with Crippen molar-refractivity contribution in [2.24, 2.45) is 39.9 Å². The summed E-state index contributed by atoms with van der Waals surface area (Å²) in [5.41, 5.74) is -1.18. The van der Waals surface area contributed by atoms with E-state index in [1.807, 2.05) is 6.92 Å². The fraction of sp³-hybridized carbons (Fsp3) is 0.913. The maximum Gasteiger partial charge on any atom is 0.332 e. The number of aliphatic hydroxyl groups is 2. The number of carbonyl (C=O) groups is 2. The SMILES string of the molecule is CC[C@]1(C)[C@H](C)[C@@H](OC(=O)CO)[C@@]2(C)C3C(=O)CC[C@@]3(CC[C@H]2C)[C@@H](C)[C@@H]1O. The maximum absolute atomic E-state index is 13.3. The van der Waals surface area contributed by atoms with Crippen molar-refractivity contribution in [3.8, 4) is 0 Å². The lowest BCUT2D eigenvalue weighted by Crippen LogP contribution is -2.66. The molecule has 3 saturated carbocycles. The second-order valence-electron chi connectivity index (χ2n) is 10.4. The second-order valence-corrected chi connectivity index (χ2v) is 10.4. The van der Waals surface area contributed by atoms with Gasteiger partial charge in [0.2, 0.25) is 0 Å². The van der Waals surface area contributed by atoms with E-state index in [-0.39, 0.29) is 34.9 Å². The highest BCUT2D eigenvalue weighted by molar-refractivity contribution is 5.85. The Bertz CT molecular complexity index is 647. The fourth-order valence-electron chi connectivity index (χ4n) is 7.42. The molecule has 0 heterocycles. The average molecular weight is 395 g/mol. The summed E-state index contributed by atoms with van der Waals surface area (Å²) < 4.78 is 5.93. The van der Waals surface area contributed by atoms with E-state index >= 15 is 0 Å². The van der Waals surface area contributed by atoms with Gasteiger partial charge in [0, 0.05) is 23.7 Å². The molecule has 5 nitrogen and oxygen atoms in total. The molecule has 0 aromatic carbocycles. The van der Waals surface area contributed by atoms with Gasteiger partial charge in [-0.25, -0.2) is 4.79 Å². The summed E-state index contributed by atoms with van der Waals surface area (Å²) in [5, 5.41) is 21.0. The number of aliphatic hydroxyl groups excluding tert-OH is 2. The summed E-state index contributed by atoms with van der Waals surface area (Å²) in [6.45, 7) is 12.0. The highest BCUT2D eigenvalue weighted by Gasteiger charge is 2.69. The van der Waals surface area contributed by atoms with Crippen molar-refractivity contribution in [1.29, 1.82) is 0 Å². The third-order valence-corrected chi connectivity index (χ3v) is 9.77. The van der Waals surface area contributed by atoms with E-state index in [9.17, 15) is 19.8 Å². The largest absolute Gasteiger partial charge is 0.460 e. The van der Waals surface area contributed by atoms with Crippen molar-refractivity contribution >= 4 is 11.8 Å². The molecule has 0 spiro atoms. The van der Waals surface area contributed by atoms with Gasteiger partial charge in [-0.3, -0.25) is 4.79 Å². The normalized spacial score (nSPS) is 51.2. The first kappa shape index (κ1) is 21.8. The number of carbonyl (C=O) groups excluding carboxylic acids is 2. The quantitative estimate of drug-likeness (QED) is 0.717. The Morgan fingerprint density at radius 3 is 2.39 bits per heavy atom. The smallest absolute Gasteiger partial charge is 0.332 e. The molecule has 3 aliphatic carbocycles. The molecule has 0 aromatic rings. The lowest BCUT2D eigenvalue weighted by molar-refractivity contribution is -0.230. The second kappa shape index (κ2) is 7.09. The van der Waals surface area contributed by atoms with Crippen LogP contribution in [0, 0.1) is 39.9 Å². The van der Waals surface area contributed by atoms with Crippen molar-refractivity contribution in [2.45, 2.75) is 85.9 Å². The zero-order chi connectivity index (χ0) is 21.1. The number of rotatable bonds is 3. The first-order chi connectivity index (χ1) is 13.0. The molecule has 160 valence electrons. The molecule has 2 bridgehead atoms. The molecule has 28 heavy (non-hydrogen) atoms. The van der Waals surface area contributed by atoms with Crippen LogP contribution < -0.4 is 0 Å². The highest BCUT2D eigenvalue weighted by atomic mass is 16.6. The molecule has 0 aromatic heterocycles. The van der Waals surface area contributed by atoms with Gasteiger partial charge in [-0.05, 0) is 48.3 Å². The summed E-state index contributed by atoms with van der Waals surface area (Å²) in [4.78, 5) is 25.5. The predicted octanol–water partition coefficient (Wildman–Crippen LogP) is 3.36. The van der Waals surface area contributed by atoms with E-state index in [2.05, 4.69) is 34.6 Å². The van der Waals surface area contributed by atoms with E-state index in [1.165, 1.54) is 0 Å². The minimum atomic E-state index is -0.667.